The second-order valence-electron chi connectivity index (χ2n) is 4.45. The lowest BCUT2D eigenvalue weighted by atomic mass is 10.3. The first-order valence-electron chi connectivity index (χ1n) is 5.83. The summed E-state index contributed by atoms with van der Waals surface area (Å²) >= 11 is 0. The summed E-state index contributed by atoms with van der Waals surface area (Å²) in [5.41, 5.74) is 9.09. The highest BCUT2D eigenvalue weighted by Crippen LogP contribution is 2.11. The number of nitrogens with zero attached hydrogens (tertiary/aromatic N) is 3. The van der Waals surface area contributed by atoms with Crippen molar-refractivity contribution < 1.29 is 4.79 Å². The Balaban J connectivity index is 2.27. The first-order chi connectivity index (χ1) is 8.49. The van der Waals surface area contributed by atoms with Crippen LogP contribution >= 0.6 is 0 Å². The summed E-state index contributed by atoms with van der Waals surface area (Å²) < 4.78 is 1.76. The average molecular weight is 247 g/mol. The fourth-order valence-corrected chi connectivity index (χ4v) is 1.78. The predicted molar refractivity (Wildman–Crippen MR) is 68.0 cm³/mol. The molecule has 2 aromatic rings. The van der Waals surface area contributed by atoms with Crippen LogP contribution in [0.15, 0.2) is 12.3 Å². The van der Waals surface area contributed by atoms with E-state index in [0.29, 0.717) is 6.54 Å². The molecule has 0 radical (unpaired) electrons. The topological polar surface area (TPSA) is 85.3 Å². The molecule has 0 aliphatic rings. The number of amides is 1. The molecule has 1 amide bonds. The Morgan fingerprint density at radius 1 is 1.56 bits per heavy atom. The minimum absolute atomic E-state index is 0.182. The normalized spacial score (nSPS) is 12.7. The van der Waals surface area contributed by atoms with E-state index in [1.165, 1.54) is 0 Å². The fourth-order valence-electron chi connectivity index (χ4n) is 1.78. The summed E-state index contributed by atoms with van der Waals surface area (Å²) in [6.07, 6.45) is 1.72. The summed E-state index contributed by atoms with van der Waals surface area (Å²) in [7, 11) is 0. The van der Waals surface area contributed by atoms with Gasteiger partial charge in [0.25, 0.3) is 0 Å². The molecule has 2 aromatic heterocycles. The number of nitrogens with one attached hydrogen (secondary N) is 1. The van der Waals surface area contributed by atoms with Crippen LogP contribution in [0.4, 0.5) is 0 Å². The number of fused-ring (bicyclic) bond motifs is 1. The third kappa shape index (κ3) is 2.33. The van der Waals surface area contributed by atoms with Gasteiger partial charge in [-0.1, -0.05) is 0 Å². The van der Waals surface area contributed by atoms with Crippen LogP contribution in [-0.2, 0) is 11.3 Å². The smallest absolute Gasteiger partial charge is 0.236 e. The third-order valence-corrected chi connectivity index (χ3v) is 2.72. The molecule has 0 aliphatic carbocycles. The van der Waals surface area contributed by atoms with Gasteiger partial charge in [0.2, 0.25) is 5.91 Å². The highest BCUT2D eigenvalue weighted by molar-refractivity contribution is 5.81. The molecule has 0 bridgehead atoms. The zero-order valence-corrected chi connectivity index (χ0v) is 10.8. The molecule has 0 spiro atoms. The third-order valence-electron chi connectivity index (χ3n) is 2.72. The van der Waals surface area contributed by atoms with Crippen molar-refractivity contribution in [1.82, 2.24) is 19.9 Å². The molecule has 3 N–H and O–H groups in total. The van der Waals surface area contributed by atoms with Crippen LogP contribution < -0.4 is 11.1 Å². The van der Waals surface area contributed by atoms with E-state index in [-0.39, 0.29) is 5.91 Å². The van der Waals surface area contributed by atoms with Gasteiger partial charge in [-0.3, -0.25) is 4.79 Å². The highest BCUT2D eigenvalue weighted by Gasteiger charge is 2.11. The molecule has 2 heterocycles. The Morgan fingerprint density at radius 2 is 2.28 bits per heavy atom. The van der Waals surface area contributed by atoms with Gasteiger partial charge < -0.3 is 11.1 Å². The Labute approximate surface area is 105 Å². The van der Waals surface area contributed by atoms with Gasteiger partial charge in [0.1, 0.15) is 0 Å². The Morgan fingerprint density at radius 3 is 2.94 bits per heavy atom. The highest BCUT2D eigenvalue weighted by atomic mass is 16.2. The number of aryl methyl sites for hydroxylation is 2. The molecular formula is C12H17N5O. The lowest BCUT2D eigenvalue weighted by Crippen LogP contribution is -2.37. The maximum absolute atomic E-state index is 11.4. The summed E-state index contributed by atoms with van der Waals surface area (Å²) in [6, 6.07) is 1.45. The van der Waals surface area contributed by atoms with Crippen LogP contribution in [0.3, 0.4) is 0 Å². The van der Waals surface area contributed by atoms with E-state index in [4.69, 9.17) is 5.73 Å². The van der Waals surface area contributed by atoms with E-state index in [1.54, 1.807) is 17.6 Å². The second kappa shape index (κ2) is 4.73. The maximum atomic E-state index is 11.4. The standard InChI is InChI=1S/C12H17N5O/c1-7-4-8(2)17-11(16-7)10(6-15-17)5-14-12(18)9(3)13/h4,6,9H,5,13H2,1-3H3,(H,14,18). The summed E-state index contributed by atoms with van der Waals surface area (Å²) in [4.78, 5) is 15.9. The molecule has 0 aromatic carbocycles. The van der Waals surface area contributed by atoms with Crippen LogP contribution in [0, 0.1) is 13.8 Å². The Bertz CT molecular complexity index is 587. The Kier molecular flexibility index (Phi) is 3.29. The monoisotopic (exact) mass is 247 g/mol. The van der Waals surface area contributed by atoms with Gasteiger partial charge in [-0.05, 0) is 26.8 Å². The van der Waals surface area contributed by atoms with Gasteiger partial charge in [-0.15, -0.1) is 0 Å². The molecule has 2 rings (SSSR count). The van der Waals surface area contributed by atoms with Gasteiger partial charge in [0.15, 0.2) is 5.65 Å². The number of hydrogen-bond donors (Lipinski definition) is 2. The fraction of sp³-hybridized carbons (Fsp3) is 0.417. The minimum Gasteiger partial charge on any atom is -0.350 e. The van der Waals surface area contributed by atoms with Crippen LogP contribution in [0.1, 0.15) is 23.9 Å². The molecule has 1 unspecified atom stereocenters. The van der Waals surface area contributed by atoms with Crippen molar-refractivity contribution in [3.8, 4) is 0 Å². The zero-order valence-electron chi connectivity index (χ0n) is 10.8. The van der Waals surface area contributed by atoms with Crippen molar-refractivity contribution in [2.24, 2.45) is 5.73 Å². The number of carbonyl (C=O) groups is 1. The largest absolute Gasteiger partial charge is 0.350 e. The Hall–Kier alpha value is -1.95. The molecular weight excluding hydrogens is 230 g/mol. The number of carbonyl (C=O) groups excluding carboxylic acids is 1. The SMILES string of the molecule is Cc1cc(C)n2ncc(CNC(=O)C(C)N)c2n1. The minimum atomic E-state index is -0.511. The molecule has 1 atom stereocenters. The zero-order chi connectivity index (χ0) is 13.3. The molecule has 0 fully saturated rings. The van der Waals surface area contributed by atoms with Gasteiger partial charge >= 0.3 is 0 Å². The van der Waals surface area contributed by atoms with E-state index in [1.807, 2.05) is 19.9 Å². The average Bonchev–Trinajstić information content (AvgIpc) is 2.69. The lowest BCUT2D eigenvalue weighted by Gasteiger charge is -2.07. The molecule has 0 aliphatic heterocycles. The maximum Gasteiger partial charge on any atom is 0.236 e. The van der Waals surface area contributed by atoms with Crippen molar-refractivity contribution in [3.63, 3.8) is 0 Å². The molecule has 96 valence electrons. The van der Waals surface area contributed by atoms with E-state index in [0.717, 1.165) is 22.6 Å². The van der Waals surface area contributed by atoms with E-state index < -0.39 is 6.04 Å². The molecule has 0 saturated heterocycles. The first-order valence-corrected chi connectivity index (χ1v) is 5.83. The van der Waals surface area contributed by atoms with Gasteiger partial charge in [-0.2, -0.15) is 5.10 Å². The summed E-state index contributed by atoms with van der Waals surface area (Å²) in [5, 5.41) is 7.01. The van der Waals surface area contributed by atoms with Crippen molar-refractivity contribution in [2.75, 3.05) is 0 Å². The quantitative estimate of drug-likeness (QED) is 0.817. The van der Waals surface area contributed by atoms with E-state index in [2.05, 4.69) is 15.4 Å². The van der Waals surface area contributed by atoms with Crippen molar-refractivity contribution in [2.45, 2.75) is 33.4 Å². The van der Waals surface area contributed by atoms with Crippen LogP contribution in [0.25, 0.3) is 5.65 Å². The number of hydrogen-bond acceptors (Lipinski definition) is 4. The van der Waals surface area contributed by atoms with Crippen LogP contribution in [0.5, 0.6) is 0 Å². The predicted octanol–water partition coefficient (Wildman–Crippen LogP) is 0.310. The van der Waals surface area contributed by atoms with E-state index in [9.17, 15) is 4.79 Å². The molecule has 6 nitrogen and oxygen atoms in total. The molecule has 18 heavy (non-hydrogen) atoms. The number of aromatic nitrogens is 3. The van der Waals surface area contributed by atoms with E-state index >= 15 is 0 Å². The number of nitrogens with two attached hydrogens (primary N) is 1. The van der Waals surface area contributed by atoms with Crippen molar-refractivity contribution >= 4 is 11.6 Å². The number of rotatable bonds is 3. The van der Waals surface area contributed by atoms with Gasteiger partial charge in [0.05, 0.1) is 12.2 Å². The second-order valence-corrected chi connectivity index (χ2v) is 4.45. The van der Waals surface area contributed by atoms with Crippen molar-refractivity contribution in [3.05, 3.63) is 29.2 Å². The van der Waals surface area contributed by atoms with Gasteiger partial charge in [-0.25, -0.2) is 9.50 Å². The van der Waals surface area contributed by atoms with Crippen molar-refractivity contribution in [1.29, 1.82) is 0 Å². The lowest BCUT2D eigenvalue weighted by molar-refractivity contribution is -0.122. The van der Waals surface area contributed by atoms with Crippen LogP contribution in [-0.4, -0.2) is 26.5 Å². The van der Waals surface area contributed by atoms with Crippen LogP contribution in [0.2, 0.25) is 0 Å². The summed E-state index contributed by atoms with van der Waals surface area (Å²) in [6.45, 7) is 5.95. The van der Waals surface area contributed by atoms with Gasteiger partial charge in [0, 0.05) is 23.5 Å². The molecule has 0 saturated carbocycles. The summed E-state index contributed by atoms with van der Waals surface area (Å²) in [5.74, 6) is -0.182. The first kappa shape index (κ1) is 12.5. The molecule has 6 heteroatoms.